The molecular weight excluding hydrogens is 222 g/mol. The molecule has 4 unspecified atom stereocenters. The van der Waals surface area contributed by atoms with E-state index in [9.17, 15) is 0 Å². The van der Waals surface area contributed by atoms with E-state index in [1.54, 1.807) is 0 Å². The summed E-state index contributed by atoms with van der Waals surface area (Å²) in [5.41, 5.74) is 0.582. The average Bonchev–Trinajstić information content (AvgIpc) is 2.47. The lowest BCUT2D eigenvalue weighted by Gasteiger charge is -2.44. The minimum absolute atomic E-state index is 0.131. The van der Waals surface area contributed by atoms with Crippen LogP contribution < -0.4 is 5.32 Å². The third-order valence-electron chi connectivity index (χ3n) is 5.24. The molecule has 1 aliphatic carbocycles. The SMILES string of the molecule is CC1NCC2(CCCC(C(C)(C)C)CC2)OC1C. The molecule has 1 N–H and O–H groups in total. The number of nitrogens with one attached hydrogen (secondary N) is 1. The molecule has 0 amide bonds. The van der Waals surface area contributed by atoms with Gasteiger partial charge >= 0.3 is 0 Å². The highest BCUT2D eigenvalue weighted by molar-refractivity contribution is 4.94. The smallest absolute Gasteiger partial charge is 0.0810 e. The predicted molar refractivity (Wildman–Crippen MR) is 76.8 cm³/mol. The summed E-state index contributed by atoms with van der Waals surface area (Å²) in [4.78, 5) is 0. The molecule has 2 nitrogen and oxygen atoms in total. The van der Waals surface area contributed by atoms with Crippen LogP contribution in [0, 0.1) is 11.3 Å². The fourth-order valence-corrected chi connectivity index (χ4v) is 3.59. The van der Waals surface area contributed by atoms with Gasteiger partial charge < -0.3 is 10.1 Å². The summed E-state index contributed by atoms with van der Waals surface area (Å²) in [7, 11) is 0. The van der Waals surface area contributed by atoms with Gasteiger partial charge in [0.25, 0.3) is 0 Å². The Morgan fingerprint density at radius 1 is 1.11 bits per heavy atom. The van der Waals surface area contributed by atoms with Gasteiger partial charge in [-0.05, 0) is 50.9 Å². The second-order valence-electron chi connectivity index (χ2n) is 7.67. The van der Waals surface area contributed by atoms with Crippen LogP contribution in [-0.2, 0) is 4.74 Å². The van der Waals surface area contributed by atoms with Crippen molar-refractivity contribution in [3.63, 3.8) is 0 Å². The maximum Gasteiger partial charge on any atom is 0.0810 e. The van der Waals surface area contributed by atoms with Crippen LogP contribution >= 0.6 is 0 Å². The van der Waals surface area contributed by atoms with Crippen LogP contribution in [0.1, 0.15) is 66.7 Å². The molecule has 0 aromatic heterocycles. The first-order valence-corrected chi connectivity index (χ1v) is 7.74. The highest BCUT2D eigenvalue weighted by Crippen LogP contribution is 2.42. The minimum Gasteiger partial charge on any atom is -0.369 e. The van der Waals surface area contributed by atoms with Crippen LogP contribution in [0.3, 0.4) is 0 Å². The molecule has 2 rings (SSSR count). The Morgan fingerprint density at radius 2 is 1.83 bits per heavy atom. The third kappa shape index (κ3) is 3.08. The molecule has 1 heterocycles. The van der Waals surface area contributed by atoms with Crippen molar-refractivity contribution in [1.29, 1.82) is 0 Å². The van der Waals surface area contributed by atoms with E-state index in [0.717, 1.165) is 12.5 Å². The van der Waals surface area contributed by atoms with Crippen LogP contribution in [0.25, 0.3) is 0 Å². The first-order chi connectivity index (χ1) is 8.32. The maximum absolute atomic E-state index is 6.41. The van der Waals surface area contributed by atoms with Gasteiger partial charge in [-0.2, -0.15) is 0 Å². The Labute approximate surface area is 113 Å². The van der Waals surface area contributed by atoms with E-state index in [1.807, 2.05) is 0 Å². The van der Waals surface area contributed by atoms with E-state index in [2.05, 4.69) is 39.9 Å². The molecule has 1 saturated heterocycles. The van der Waals surface area contributed by atoms with Gasteiger partial charge in [0.15, 0.2) is 0 Å². The van der Waals surface area contributed by atoms with Gasteiger partial charge in [0.05, 0.1) is 11.7 Å². The van der Waals surface area contributed by atoms with Gasteiger partial charge in [-0.1, -0.05) is 27.2 Å². The summed E-state index contributed by atoms with van der Waals surface area (Å²) in [6.07, 6.45) is 6.85. The van der Waals surface area contributed by atoms with Gasteiger partial charge in [-0.25, -0.2) is 0 Å². The second kappa shape index (κ2) is 5.13. The first-order valence-electron chi connectivity index (χ1n) is 7.74. The highest BCUT2D eigenvalue weighted by atomic mass is 16.5. The zero-order valence-corrected chi connectivity index (χ0v) is 12.9. The molecule has 106 valence electrons. The van der Waals surface area contributed by atoms with Crippen LogP contribution in [0.2, 0.25) is 0 Å². The summed E-state index contributed by atoms with van der Waals surface area (Å²) in [5.74, 6) is 0.857. The van der Waals surface area contributed by atoms with E-state index < -0.39 is 0 Å². The Hall–Kier alpha value is -0.0800. The number of ether oxygens (including phenoxy) is 1. The Bertz CT molecular complexity index is 283. The first kappa shape index (κ1) is 14.3. The number of hydrogen-bond acceptors (Lipinski definition) is 2. The van der Waals surface area contributed by atoms with Crippen LogP contribution in [0.5, 0.6) is 0 Å². The fraction of sp³-hybridized carbons (Fsp3) is 1.00. The summed E-state index contributed by atoms with van der Waals surface area (Å²) in [5, 5.41) is 3.65. The van der Waals surface area contributed by atoms with Gasteiger partial charge in [0.1, 0.15) is 0 Å². The quantitative estimate of drug-likeness (QED) is 0.710. The van der Waals surface area contributed by atoms with E-state index in [0.29, 0.717) is 17.6 Å². The molecule has 18 heavy (non-hydrogen) atoms. The van der Waals surface area contributed by atoms with Gasteiger partial charge in [-0.15, -0.1) is 0 Å². The van der Waals surface area contributed by atoms with Gasteiger partial charge in [0, 0.05) is 12.6 Å². The molecule has 1 spiro atoms. The molecule has 2 heteroatoms. The Morgan fingerprint density at radius 3 is 2.44 bits per heavy atom. The second-order valence-corrected chi connectivity index (χ2v) is 7.67. The third-order valence-corrected chi connectivity index (χ3v) is 5.24. The van der Waals surface area contributed by atoms with Crippen LogP contribution in [-0.4, -0.2) is 24.3 Å². The predicted octanol–water partition coefficient (Wildman–Crippen LogP) is 3.75. The molecular formula is C16H31NO. The van der Waals surface area contributed by atoms with Crippen molar-refractivity contribution in [2.75, 3.05) is 6.54 Å². The summed E-state index contributed by atoms with van der Waals surface area (Å²) in [6, 6.07) is 0.497. The van der Waals surface area contributed by atoms with E-state index in [-0.39, 0.29) is 5.60 Å². The van der Waals surface area contributed by atoms with E-state index in [1.165, 1.54) is 32.1 Å². The number of morpholine rings is 1. The summed E-state index contributed by atoms with van der Waals surface area (Å²) < 4.78 is 6.41. The molecule has 1 aliphatic heterocycles. The maximum atomic E-state index is 6.41. The van der Waals surface area contributed by atoms with Crippen LogP contribution in [0.4, 0.5) is 0 Å². The monoisotopic (exact) mass is 253 g/mol. The number of rotatable bonds is 0. The van der Waals surface area contributed by atoms with Crippen molar-refractivity contribution < 1.29 is 4.74 Å². The van der Waals surface area contributed by atoms with E-state index >= 15 is 0 Å². The Balaban J connectivity index is 2.00. The lowest BCUT2D eigenvalue weighted by atomic mass is 9.76. The van der Waals surface area contributed by atoms with Crippen molar-refractivity contribution in [1.82, 2.24) is 5.32 Å². The van der Waals surface area contributed by atoms with Crippen LogP contribution in [0.15, 0.2) is 0 Å². The molecule has 1 saturated carbocycles. The zero-order valence-electron chi connectivity index (χ0n) is 12.9. The van der Waals surface area contributed by atoms with Crippen molar-refractivity contribution in [2.24, 2.45) is 11.3 Å². The topological polar surface area (TPSA) is 21.3 Å². The standard InChI is InChI=1S/C16H31NO/c1-12-13(2)18-16(11-17-12)9-6-7-14(8-10-16)15(3,4)5/h12-14,17H,6-11H2,1-5H3. The van der Waals surface area contributed by atoms with Crippen molar-refractivity contribution in [3.8, 4) is 0 Å². The molecule has 0 aromatic rings. The Kier molecular flexibility index (Phi) is 4.08. The van der Waals surface area contributed by atoms with Gasteiger partial charge in [-0.3, -0.25) is 0 Å². The molecule has 0 bridgehead atoms. The largest absolute Gasteiger partial charge is 0.369 e. The zero-order chi connectivity index (χ0) is 13.4. The lowest BCUT2D eigenvalue weighted by molar-refractivity contribution is -0.133. The fourth-order valence-electron chi connectivity index (χ4n) is 3.59. The molecule has 2 fully saturated rings. The molecule has 0 radical (unpaired) electrons. The lowest BCUT2D eigenvalue weighted by Crippen LogP contribution is -2.57. The summed E-state index contributed by atoms with van der Waals surface area (Å²) in [6.45, 7) is 12.7. The van der Waals surface area contributed by atoms with Crippen molar-refractivity contribution in [3.05, 3.63) is 0 Å². The average molecular weight is 253 g/mol. The molecule has 2 aliphatic rings. The summed E-state index contributed by atoms with van der Waals surface area (Å²) >= 11 is 0. The normalized spacial score (nSPS) is 42.8. The number of hydrogen-bond donors (Lipinski definition) is 1. The van der Waals surface area contributed by atoms with Crippen molar-refractivity contribution >= 4 is 0 Å². The van der Waals surface area contributed by atoms with Gasteiger partial charge in [0.2, 0.25) is 0 Å². The highest BCUT2D eigenvalue weighted by Gasteiger charge is 2.41. The van der Waals surface area contributed by atoms with Crippen molar-refractivity contribution in [2.45, 2.75) is 84.5 Å². The molecule has 4 atom stereocenters. The minimum atomic E-state index is 0.131. The molecule has 0 aromatic carbocycles. The van der Waals surface area contributed by atoms with E-state index in [4.69, 9.17) is 4.74 Å².